The first-order chi connectivity index (χ1) is 17.5. The molecule has 1 heterocycles. The Labute approximate surface area is 209 Å². The van der Waals surface area contributed by atoms with E-state index in [2.05, 4.69) is 28.8 Å². The molecule has 5 nitrogen and oxygen atoms in total. The van der Waals surface area contributed by atoms with Crippen molar-refractivity contribution in [3.63, 3.8) is 0 Å². The van der Waals surface area contributed by atoms with Crippen molar-refractivity contribution in [3.05, 3.63) is 78.4 Å². The van der Waals surface area contributed by atoms with Crippen LogP contribution in [0.5, 0.6) is 11.5 Å². The Morgan fingerprint density at radius 1 is 0.778 bits per heavy atom. The van der Waals surface area contributed by atoms with Crippen LogP contribution < -0.4 is 4.74 Å². The van der Waals surface area contributed by atoms with Crippen LogP contribution in [0.1, 0.15) is 39.5 Å². The highest BCUT2D eigenvalue weighted by molar-refractivity contribution is 5.70. The van der Waals surface area contributed by atoms with E-state index in [-0.39, 0.29) is 23.2 Å². The van der Waals surface area contributed by atoms with Crippen molar-refractivity contribution in [3.8, 4) is 45.7 Å². The van der Waals surface area contributed by atoms with Crippen molar-refractivity contribution >= 4 is 0 Å². The van der Waals surface area contributed by atoms with Gasteiger partial charge in [0.15, 0.2) is 17.5 Å². The van der Waals surface area contributed by atoms with Crippen LogP contribution in [0.3, 0.4) is 0 Å². The smallest absolute Gasteiger partial charge is 0.167 e. The molecule has 0 fully saturated rings. The van der Waals surface area contributed by atoms with Gasteiger partial charge in [-0.15, -0.1) is 0 Å². The lowest BCUT2D eigenvalue weighted by Gasteiger charge is -2.16. The molecule has 36 heavy (non-hydrogen) atoms. The fourth-order valence-corrected chi connectivity index (χ4v) is 3.86. The average molecular weight is 490 g/mol. The van der Waals surface area contributed by atoms with E-state index in [0.717, 1.165) is 25.7 Å². The highest BCUT2D eigenvalue weighted by atomic mass is 19.1. The van der Waals surface area contributed by atoms with Crippen molar-refractivity contribution < 1.29 is 18.6 Å². The standard InChI is InChI=1S/C29H29F2N3O2/c1-3-5-6-19(4-2)18-36-24-15-16-25(26(35)17-24)29-33-27(20-7-11-22(30)12-8-20)32-28(34-29)21-9-13-23(31)14-10-21/h7-17,19,35H,3-6,18H2,1-2H3. The lowest BCUT2D eigenvalue weighted by molar-refractivity contribution is 0.232. The molecule has 3 aromatic carbocycles. The van der Waals surface area contributed by atoms with Gasteiger partial charge in [0.25, 0.3) is 0 Å². The Balaban J connectivity index is 1.68. The normalized spacial score (nSPS) is 11.9. The zero-order valence-electron chi connectivity index (χ0n) is 20.4. The highest BCUT2D eigenvalue weighted by Gasteiger charge is 2.16. The number of hydrogen-bond donors (Lipinski definition) is 1. The molecular formula is C29H29F2N3O2. The Morgan fingerprint density at radius 3 is 1.83 bits per heavy atom. The van der Waals surface area contributed by atoms with Gasteiger partial charge < -0.3 is 9.84 Å². The molecule has 0 saturated carbocycles. The maximum absolute atomic E-state index is 13.5. The van der Waals surface area contributed by atoms with E-state index in [4.69, 9.17) is 4.74 Å². The van der Waals surface area contributed by atoms with Gasteiger partial charge in [-0.3, -0.25) is 0 Å². The van der Waals surface area contributed by atoms with Gasteiger partial charge in [-0.25, -0.2) is 23.7 Å². The minimum Gasteiger partial charge on any atom is -0.507 e. The highest BCUT2D eigenvalue weighted by Crippen LogP contribution is 2.33. The van der Waals surface area contributed by atoms with Gasteiger partial charge in [0.2, 0.25) is 0 Å². The van der Waals surface area contributed by atoms with Gasteiger partial charge >= 0.3 is 0 Å². The first kappa shape index (κ1) is 25.2. The molecule has 1 aromatic heterocycles. The lowest BCUT2D eigenvalue weighted by Crippen LogP contribution is -2.11. The number of rotatable bonds is 10. The van der Waals surface area contributed by atoms with Crippen LogP contribution in [0.15, 0.2) is 66.7 Å². The Hall–Kier alpha value is -3.87. The second-order valence-electron chi connectivity index (χ2n) is 8.73. The van der Waals surface area contributed by atoms with Crippen molar-refractivity contribution in [1.29, 1.82) is 0 Å². The molecule has 1 atom stereocenters. The molecule has 0 amide bonds. The molecule has 0 saturated heterocycles. The van der Waals surface area contributed by atoms with E-state index in [1.165, 1.54) is 24.3 Å². The Bertz CT molecular complexity index is 1230. The molecule has 0 aliphatic heterocycles. The van der Waals surface area contributed by atoms with Crippen LogP contribution in [0.4, 0.5) is 8.78 Å². The maximum Gasteiger partial charge on any atom is 0.167 e. The summed E-state index contributed by atoms with van der Waals surface area (Å²) in [4.78, 5) is 13.6. The summed E-state index contributed by atoms with van der Waals surface area (Å²) in [6.07, 6.45) is 4.46. The third-order valence-electron chi connectivity index (χ3n) is 6.08. The summed E-state index contributed by atoms with van der Waals surface area (Å²) in [5.41, 5.74) is 1.57. The summed E-state index contributed by atoms with van der Waals surface area (Å²) in [6, 6.07) is 16.6. The van der Waals surface area contributed by atoms with Gasteiger partial charge in [-0.05, 0) is 73.0 Å². The van der Waals surface area contributed by atoms with Crippen LogP contribution >= 0.6 is 0 Å². The number of aromatic nitrogens is 3. The molecule has 0 spiro atoms. The number of phenols is 1. The Kier molecular flexibility index (Phi) is 8.21. The fourth-order valence-electron chi connectivity index (χ4n) is 3.86. The lowest BCUT2D eigenvalue weighted by atomic mass is 10.0. The number of aromatic hydroxyl groups is 1. The summed E-state index contributed by atoms with van der Waals surface area (Å²) in [5.74, 6) is 1.10. The molecule has 4 rings (SSSR count). The van der Waals surface area contributed by atoms with Crippen LogP contribution in [0.25, 0.3) is 34.2 Å². The summed E-state index contributed by atoms with van der Waals surface area (Å²) >= 11 is 0. The van der Waals surface area contributed by atoms with E-state index in [1.807, 2.05) is 0 Å². The minimum atomic E-state index is -0.375. The predicted molar refractivity (Wildman–Crippen MR) is 137 cm³/mol. The number of nitrogens with zero attached hydrogens (tertiary/aromatic N) is 3. The molecule has 0 radical (unpaired) electrons. The molecule has 1 unspecified atom stereocenters. The van der Waals surface area contributed by atoms with Gasteiger partial charge in [0.1, 0.15) is 23.1 Å². The van der Waals surface area contributed by atoms with Gasteiger partial charge in [0, 0.05) is 17.2 Å². The number of ether oxygens (including phenoxy) is 1. The zero-order chi connectivity index (χ0) is 25.5. The van der Waals surface area contributed by atoms with E-state index in [9.17, 15) is 13.9 Å². The van der Waals surface area contributed by atoms with Crippen LogP contribution in [0.2, 0.25) is 0 Å². The van der Waals surface area contributed by atoms with Crippen molar-refractivity contribution in [2.75, 3.05) is 6.61 Å². The van der Waals surface area contributed by atoms with Gasteiger partial charge in [0.05, 0.1) is 12.2 Å². The van der Waals surface area contributed by atoms with Crippen molar-refractivity contribution in [2.24, 2.45) is 5.92 Å². The van der Waals surface area contributed by atoms with E-state index >= 15 is 0 Å². The van der Waals surface area contributed by atoms with E-state index in [1.54, 1.807) is 42.5 Å². The van der Waals surface area contributed by atoms with Gasteiger partial charge in [-0.2, -0.15) is 0 Å². The molecular weight excluding hydrogens is 460 g/mol. The van der Waals surface area contributed by atoms with Crippen LogP contribution in [-0.2, 0) is 0 Å². The summed E-state index contributed by atoms with van der Waals surface area (Å²) in [6.45, 7) is 4.92. The number of halogens is 2. The quantitative estimate of drug-likeness (QED) is 0.251. The van der Waals surface area contributed by atoms with E-state index < -0.39 is 0 Å². The SMILES string of the molecule is CCCCC(CC)COc1ccc(-c2nc(-c3ccc(F)cc3)nc(-c3ccc(F)cc3)n2)c(O)c1. The Morgan fingerprint density at radius 2 is 1.33 bits per heavy atom. The summed E-state index contributed by atoms with van der Waals surface area (Å²) < 4.78 is 32.9. The third-order valence-corrected chi connectivity index (χ3v) is 6.08. The van der Waals surface area contributed by atoms with Gasteiger partial charge in [-0.1, -0.05) is 33.1 Å². The fraction of sp³-hybridized carbons (Fsp3) is 0.276. The number of unbranched alkanes of at least 4 members (excludes halogenated alkanes) is 1. The average Bonchev–Trinajstić information content (AvgIpc) is 2.89. The molecule has 186 valence electrons. The molecule has 1 N–H and O–H groups in total. The van der Waals surface area contributed by atoms with Crippen LogP contribution in [-0.4, -0.2) is 26.7 Å². The molecule has 0 bridgehead atoms. The molecule has 0 aliphatic carbocycles. The van der Waals surface area contributed by atoms with Crippen molar-refractivity contribution in [1.82, 2.24) is 15.0 Å². The number of benzene rings is 3. The first-order valence-corrected chi connectivity index (χ1v) is 12.2. The maximum atomic E-state index is 13.5. The molecule has 7 heteroatoms. The van der Waals surface area contributed by atoms with Crippen LogP contribution in [0, 0.1) is 17.6 Å². The van der Waals surface area contributed by atoms with E-state index in [0.29, 0.717) is 46.6 Å². The molecule has 0 aliphatic rings. The second kappa shape index (κ2) is 11.7. The molecule has 4 aromatic rings. The minimum absolute atomic E-state index is 0.0320. The zero-order valence-corrected chi connectivity index (χ0v) is 20.4. The first-order valence-electron chi connectivity index (χ1n) is 12.2. The second-order valence-corrected chi connectivity index (χ2v) is 8.73. The number of hydrogen-bond acceptors (Lipinski definition) is 5. The number of phenolic OH excluding ortho intramolecular Hbond substituents is 1. The summed E-state index contributed by atoms with van der Waals surface area (Å²) in [7, 11) is 0. The monoisotopic (exact) mass is 489 g/mol. The largest absolute Gasteiger partial charge is 0.507 e. The third kappa shape index (κ3) is 6.22. The topological polar surface area (TPSA) is 68.1 Å². The van der Waals surface area contributed by atoms with Crippen molar-refractivity contribution in [2.45, 2.75) is 39.5 Å². The summed E-state index contributed by atoms with van der Waals surface area (Å²) in [5, 5.41) is 10.8. The predicted octanol–water partition coefficient (Wildman–Crippen LogP) is 7.45.